The molecule has 3 heterocycles. The molecule has 0 aliphatic rings. The first kappa shape index (κ1) is 29.6. The molecule has 3 aromatic heterocycles. The minimum atomic E-state index is 0.419. The molecule has 0 saturated carbocycles. The standard InChI is InChI=1S/C47H28N4O/c48-29-39-44(30-14-3-1-4-15-30)49-47(31-16-5-2-6-17-31)50-45(39)37-23-13-27-42-43(37)38-24-12-22-34(46(38)52-42)32-18-11-19-33(28-32)51-40-25-9-7-20-35(40)36-21-8-10-26-41(36)51/h1-28H. The Morgan fingerprint density at radius 3 is 1.81 bits per heavy atom. The molecule has 0 bridgehead atoms. The maximum Gasteiger partial charge on any atom is 0.160 e. The first-order chi connectivity index (χ1) is 25.8. The molecule has 0 saturated heterocycles. The number of rotatable bonds is 5. The van der Waals surface area contributed by atoms with Gasteiger partial charge in [-0.05, 0) is 35.9 Å². The number of nitriles is 1. The molecule has 0 aliphatic carbocycles. The van der Waals surface area contributed by atoms with Crippen LogP contribution in [0.3, 0.4) is 0 Å². The molecule has 242 valence electrons. The van der Waals surface area contributed by atoms with Gasteiger partial charge >= 0.3 is 0 Å². The highest BCUT2D eigenvalue weighted by Gasteiger charge is 2.23. The summed E-state index contributed by atoms with van der Waals surface area (Å²) in [6, 6.07) is 60.2. The van der Waals surface area contributed by atoms with Crippen molar-refractivity contribution in [3.63, 3.8) is 0 Å². The molecule has 0 unspecified atom stereocenters. The molecule has 0 radical (unpaired) electrons. The van der Waals surface area contributed by atoms with Crippen molar-refractivity contribution in [2.75, 3.05) is 0 Å². The number of aromatic nitrogens is 3. The summed E-state index contributed by atoms with van der Waals surface area (Å²) in [4.78, 5) is 10.1. The average molecular weight is 665 g/mol. The van der Waals surface area contributed by atoms with Gasteiger partial charge in [0.2, 0.25) is 0 Å². The summed E-state index contributed by atoms with van der Waals surface area (Å²) in [5, 5.41) is 15.0. The topological polar surface area (TPSA) is 67.6 Å². The minimum absolute atomic E-state index is 0.419. The van der Waals surface area contributed by atoms with Crippen molar-refractivity contribution in [1.29, 1.82) is 5.26 Å². The molecule has 0 atom stereocenters. The van der Waals surface area contributed by atoms with Gasteiger partial charge in [0.1, 0.15) is 22.8 Å². The van der Waals surface area contributed by atoms with E-state index in [1.165, 1.54) is 10.8 Å². The van der Waals surface area contributed by atoms with Crippen molar-refractivity contribution in [2.24, 2.45) is 0 Å². The summed E-state index contributed by atoms with van der Waals surface area (Å²) >= 11 is 0. The molecule has 0 amide bonds. The molecule has 0 fully saturated rings. The lowest BCUT2D eigenvalue weighted by Gasteiger charge is -2.13. The largest absolute Gasteiger partial charge is 0.455 e. The first-order valence-corrected chi connectivity index (χ1v) is 17.2. The van der Waals surface area contributed by atoms with Gasteiger partial charge in [-0.15, -0.1) is 0 Å². The third-order valence-electron chi connectivity index (χ3n) is 9.87. The SMILES string of the molecule is N#Cc1c(-c2ccccc2)nc(-c2ccccc2)nc1-c1cccc2oc3c(-c4cccc(-n5c6ccccc6c6ccccc65)c4)cccc3c12. The van der Waals surface area contributed by atoms with Crippen molar-refractivity contribution in [1.82, 2.24) is 14.5 Å². The van der Waals surface area contributed by atoms with Gasteiger partial charge in [-0.25, -0.2) is 9.97 Å². The first-order valence-electron chi connectivity index (χ1n) is 17.2. The van der Waals surface area contributed by atoms with Gasteiger partial charge in [0.15, 0.2) is 5.82 Å². The van der Waals surface area contributed by atoms with E-state index in [1.54, 1.807) is 0 Å². The Morgan fingerprint density at radius 1 is 0.500 bits per heavy atom. The summed E-state index contributed by atoms with van der Waals surface area (Å²) < 4.78 is 9.07. The second-order valence-corrected chi connectivity index (χ2v) is 12.8. The zero-order valence-electron chi connectivity index (χ0n) is 27.9. The maximum absolute atomic E-state index is 10.7. The van der Waals surface area contributed by atoms with E-state index in [0.717, 1.165) is 66.5 Å². The van der Waals surface area contributed by atoms with Crippen molar-refractivity contribution < 1.29 is 4.42 Å². The summed E-state index contributed by atoms with van der Waals surface area (Å²) in [6.45, 7) is 0. The van der Waals surface area contributed by atoms with Crippen LogP contribution in [-0.2, 0) is 0 Å². The summed E-state index contributed by atoms with van der Waals surface area (Å²) in [5.41, 5.74) is 11.1. The predicted octanol–water partition coefficient (Wildman–Crippen LogP) is 12.0. The second kappa shape index (κ2) is 11.9. The predicted molar refractivity (Wildman–Crippen MR) is 210 cm³/mol. The quantitative estimate of drug-likeness (QED) is 0.184. The molecule has 52 heavy (non-hydrogen) atoms. The van der Waals surface area contributed by atoms with Crippen LogP contribution in [-0.4, -0.2) is 14.5 Å². The maximum atomic E-state index is 10.7. The van der Waals surface area contributed by atoms with Crippen LogP contribution in [0.1, 0.15) is 5.56 Å². The summed E-state index contributed by atoms with van der Waals surface area (Å²) in [6.07, 6.45) is 0. The van der Waals surface area contributed by atoms with Crippen LogP contribution in [0.5, 0.6) is 0 Å². The van der Waals surface area contributed by atoms with Gasteiger partial charge in [0, 0.05) is 49.5 Å². The van der Waals surface area contributed by atoms with Crippen molar-refractivity contribution in [2.45, 2.75) is 0 Å². The van der Waals surface area contributed by atoms with Crippen LogP contribution in [0.15, 0.2) is 174 Å². The third-order valence-corrected chi connectivity index (χ3v) is 9.87. The Hall–Kier alpha value is -7.29. The molecule has 10 rings (SSSR count). The molecule has 5 nitrogen and oxygen atoms in total. The number of para-hydroxylation sites is 3. The summed E-state index contributed by atoms with van der Waals surface area (Å²) in [7, 11) is 0. The molecule has 0 N–H and O–H groups in total. The van der Waals surface area contributed by atoms with Crippen LogP contribution in [0.4, 0.5) is 0 Å². The van der Waals surface area contributed by atoms with Crippen LogP contribution in [0, 0.1) is 11.3 Å². The van der Waals surface area contributed by atoms with E-state index in [0.29, 0.717) is 22.8 Å². The van der Waals surface area contributed by atoms with E-state index >= 15 is 0 Å². The van der Waals surface area contributed by atoms with Crippen molar-refractivity contribution in [3.8, 4) is 56.8 Å². The van der Waals surface area contributed by atoms with Gasteiger partial charge in [-0.3, -0.25) is 0 Å². The summed E-state index contributed by atoms with van der Waals surface area (Å²) in [5.74, 6) is 0.556. The Labute approximate surface area is 299 Å². The van der Waals surface area contributed by atoms with E-state index in [4.69, 9.17) is 14.4 Å². The smallest absolute Gasteiger partial charge is 0.160 e. The molecule has 5 heteroatoms. The van der Waals surface area contributed by atoms with Gasteiger partial charge in [0.25, 0.3) is 0 Å². The zero-order valence-corrected chi connectivity index (χ0v) is 27.9. The van der Waals surface area contributed by atoms with Crippen molar-refractivity contribution in [3.05, 3.63) is 175 Å². The van der Waals surface area contributed by atoms with E-state index in [2.05, 4.69) is 102 Å². The highest BCUT2D eigenvalue weighted by atomic mass is 16.3. The highest BCUT2D eigenvalue weighted by molar-refractivity contribution is 6.16. The van der Waals surface area contributed by atoms with E-state index in [9.17, 15) is 5.26 Å². The second-order valence-electron chi connectivity index (χ2n) is 12.8. The molecule has 0 spiro atoms. The van der Waals surface area contributed by atoms with E-state index in [-0.39, 0.29) is 0 Å². The molecular weight excluding hydrogens is 637 g/mol. The lowest BCUT2D eigenvalue weighted by atomic mass is 9.96. The molecule has 7 aromatic carbocycles. The number of furan rings is 1. The Morgan fingerprint density at radius 2 is 1.08 bits per heavy atom. The lowest BCUT2D eigenvalue weighted by molar-refractivity contribution is 0.670. The number of hydrogen-bond acceptors (Lipinski definition) is 4. The van der Waals surface area contributed by atoms with E-state index < -0.39 is 0 Å². The van der Waals surface area contributed by atoms with Gasteiger partial charge in [-0.2, -0.15) is 5.26 Å². The van der Waals surface area contributed by atoms with Gasteiger partial charge in [0.05, 0.1) is 22.4 Å². The van der Waals surface area contributed by atoms with Crippen LogP contribution in [0.25, 0.3) is 94.5 Å². The highest BCUT2D eigenvalue weighted by Crippen LogP contribution is 2.43. The zero-order chi connectivity index (χ0) is 34.6. The van der Waals surface area contributed by atoms with E-state index in [1.807, 2.05) is 78.9 Å². The normalized spacial score (nSPS) is 11.4. The number of benzene rings is 7. The fourth-order valence-corrected chi connectivity index (χ4v) is 7.57. The fourth-order valence-electron chi connectivity index (χ4n) is 7.57. The fraction of sp³-hybridized carbons (Fsp3) is 0. The third kappa shape index (κ3) is 4.63. The van der Waals surface area contributed by atoms with Gasteiger partial charge in [-0.1, -0.05) is 140 Å². The molecule has 10 aromatic rings. The Bertz CT molecular complexity index is 2970. The van der Waals surface area contributed by atoms with Crippen LogP contribution >= 0.6 is 0 Å². The van der Waals surface area contributed by atoms with Crippen LogP contribution < -0.4 is 0 Å². The molecule has 0 aliphatic heterocycles. The minimum Gasteiger partial charge on any atom is -0.455 e. The van der Waals surface area contributed by atoms with Gasteiger partial charge < -0.3 is 8.98 Å². The number of fused-ring (bicyclic) bond motifs is 6. The number of nitrogens with zero attached hydrogens (tertiary/aromatic N) is 4. The Balaban J connectivity index is 1.19. The monoisotopic (exact) mass is 664 g/mol. The van der Waals surface area contributed by atoms with Crippen molar-refractivity contribution >= 4 is 43.7 Å². The average Bonchev–Trinajstić information content (AvgIpc) is 3.77. The molecular formula is C47H28N4O. The lowest BCUT2D eigenvalue weighted by Crippen LogP contribution is -2.01. The van der Waals surface area contributed by atoms with Crippen LogP contribution in [0.2, 0.25) is 0 Å². The number of hydrogen-bond donors (Lipinski definition) is 0. The Kier molecular flexibility index (Phi) is 6.80.